The Morgan fingerprint density at radius 2 is 1.72 bits per heavy atom. The van der Waals surface area contributed by atoms with Crippen molar-refractivity contribution in [2.75, 3.05) is 20.8 Å². The molecular weight excluding hydrogens is 404 g/mol. The summed E-state index contributed by atoms with van der Waals surface area (Å²) in [6.07, 6.45) is 4.06. The normalized spacial score (nSPS) is 10.8. The molecule has 4 rings (SSSR count). The van der Waals surface area contributed by atoms with Gasteiger partial charge >= 0.3 is 0 Å². The average Bonchev–Trinajstić information content (AvgIpc) is 3.19. The van der Waals surface area contributed by atoms with Crippen molar-refractivity contribution in [2.45, 2.75) is 19.5 Å². The first-order valence-electron chi connectivity index (χ1n) is 10.5. The number of hydrogen-bond donors (Lipinski definition) is 0. The lowest BCUT2D eigenvalue weighted by Crippen LogP contribution is -2.28. The van der Waals surface area contributed by atoms with Crippen LogP contribution in [-0.4, -0.2) is 46.1 Å². The van der Waals surface area contributed by atoms with E-state index in [1.165, 1.54) is 0 Å². The number of imidazole rings is 1. The number of amides is 1. The Morgan fingerprint density at radius 1 is 1.00 bits per heavy atom. The van der Waals surface area contributed by atoms with E-state index in [1.54, 1.807) is 43.6 Å². The number of carbonyl (C=O) groups is 1. The monoisotopic (exact) mass is 430 g/mol. The fraction of sp³-hybridized carbons (Fsp3) is 0.240. The summed E-state index contributed by atoms with van der Waals surface area (Å²) in [5.74, 6) is 2.40. The van der Waals surface area contributed by atoms with Crippen LogP contribution in [0.1, 0.15) is 22.6 Å². The molecule has 0 unspecified atom stereocenters. The highest BCUT2D eigenvalue weighted by molar-refractivity contribution is 5.93. The Kier molecular flexibility index (Phi) is 6.65. The molecule has 2 heterocycles. The molecule has 2 aromatic carbocycles. The summed E-state index contributed by atoms with van der Waals surface area (Å²) in [5, 5.41) is 0. The van der Waals surface area contributed by atoms with Gasteiger partial charge in [0.25, 0.3) is 5.91 Å². The minimum absolute atomic E-state index is 0.0613. The van der Waals surface area contributed by atoms with E-state index >= 15 is 0 Å². The molecule has 7 heteroatoms. The highest BCUT2D eigenvalue weighted by Gasteiger charge is 2.17. The minimum Gasteiger partial charge on any atom is -0.497 e. The topological polar surface area (TPSA) is 69.5 Å². The van der Waals surface area contributed by atoms with Crippen molar-refractivity contribution in [1.29, 1.82) is 0 Å². The number of ether oxygens (including phenoxy) is 2. The van der Waals surface area contributed by atoms with Crippen molar-refractivity contribution in [3.05, 3.63) is 84.4 Å². The van der Waals surface area contributed by atoms with Gasteiger partial charge in [-0.2, -0.15) is 0 Å². The molecule has 0 saturated heterocycles. The number of carbonyl (C=O) groups excluding carboxylic acids is 1. The third-order valence-corrected chi connectivity index (χ3v) is 5.24. The maximum absolute atomic E-state index is 12.8. The molecular formula is C25H26N4O3. The van der Waals surface area contributed by atoms with Crippen LogP contribution in [0.3, 0.4) is 0 Å². The lowest BCUT2D eigenvalue weighted by molar-refractivity contribution is 0.0780. The number of hydrogen-bond acceptors (Lipinski definition) is 5. The van der Waals surface area contributed by atoms with Crippen LogP contribution in [-0.2, 0) is 13.1 Å². The fourth-order valence-electron chi connectivity index (χ4n) is 3.58. The molecule has 0 bridgehead atoms. The third kappa shape index (κ3) is 4.88. The molecule has 4 aromatic rings. The van der Waals surface area contributed by atoms with Gasteiger partial charge in [0, 0.05) is 31.5 Å². The van der Waals surface area contributed by atoms with Crippen LogP contribution in [0.5, 0.6) is 11.5 Å². The Hall–Kier alpha value is -3.87. The molecule has 0 atom stereocenters. The molecule has 164 valence electrons. The lowest BCUT2D eigenvalue weighted by Gasteiger charge is -2.18. The maximum Gasteiger partial charge on any atom is 0.254 e. The smallest absolute Gasteiger partial charge is 0.254 e. The number of benzene rings is 2. The summed E-state index contributed by atoms with van der Waals surface area (Å²) in [6, 6.07) is 19.0. The van der Waals surface area contributed by atoms with Gasteiger partial charge in [0.2, 0.25) is 0 Å². The Morgan fingerprint density at radius 3 is 2.47 bits per heavy atom. The highest BCUT2D eigenvalue weighted by Crippen LogP contribution is 2.20. The molecule has 1 amide bonds. The van der Waals surface area contributed by atoms with Gasteiger partial charge in [-0.3, -0.25) is 9.78 Å². The number of aromatic nitrogens is 3. The fourth-order valence-corrected chi connectivity index (χ4v) is 3.58. The first kappa shape index (κ1) is 21.4. The summed E-state index contributed by atoms with van der Waals surface area (Å²) < 4.78 is 13.2. The first-order valence-corrected chi connectivity index (χ1v) is 10.5. The van der Waals surface area contributed by atoms with Gasteiger partial charge in [0.15, 0.2) is 0 Å². The lowest BCUT2D eigenvalue weighted by atomic mass is 10.2. The van der Waals surface area contributed by atoms with Crippen molar-refractivity contribution in [3.63, 3.8) is 0 Å². The second kappa shape index (κ2) is 9.96. The zero-order valence-corrected chi connectivity index (χ0v) is 18.3. The number of para-hydroxylation sites is 2. The van der Waals surface area contributed by atoms with Gasteiger partial charge in [-0.05, 0) is 55.0 Å². The molecule has 0 fully saturated rings. The van der Waals surface area contributed by atoms with Gasteiger partial charge in [0.05, 0.1) is 31.3 Å². The summed E-state index contributed by atoms with van der Waals surface area (Å²) in [5.41, 5.74) is 2.58. The zero-order chi connectivity index (χ0) is 22.3. The van der Waals surface area contributed by atoms with Gasteiger partial charge in [0.1, 0.15) is 17.3 Å². The SMILES string of the molecule is COc1ccc(OCCCn2c(CN(C)C(=O)c3ccncc3)nc3ccccc32)cc1. The van der Waals surface area contributed by atoms with Gasteiger partial charge in [-0.25, -0.2) is 4.98 Å². The molecule has 7 nitrogen and oxygen atoms in total. The van der Waals surface area contributed by atoms with Crippen molar-refractivity contribution < 1.29 is 14.3 Å². The number of nitrogens with zero attached hydrogens (tertiary/aromatic N) is 4. The van der Waals surface area contributed by atoms with Crippen LogP contribution < -0.4 is 9.47 Å². The van der Waals surface area contributed by atoms with Crippen molar-refractivity contribution >= 4 is 16.9 Å². The van der Waals surface area contributed by atoms with Crippen LogP contribution >= 0.6 is 0 Å². The Labute approximate surface area is 187 Å². The number of methoxy groups -OCH3 is 1. The molecule has 0 aliphatic rings. The predicted octanol–water partition coefficient (Wildman–Crippen LogP) is 4.18. The molecule has 32 heavy (non-hydrogen) atoms. The summed E-state index contributed by atoms with van der Waals surface area (Å²) >= 11 is 0. The third-order valence-electron chi connectivity index (χ3n) is 5.24. The summed E-state index contributed by atoms with van der Waals surface area (Å²) in [6.45, 7) is 1.72. The van der Waals surface area contributed by atoms with E-state index in [2.05, 4.69) is 15.6 Å². The van der Waals surface area contributed by atoms with E-state index in [-0.39, 0.29) is 5.91 Å². The van der Waals surface area contributed by atoms with E-state index < -0.39 is 0 Å². The summed E-state index contributed by atoms with van der Waals surface area (Å²) in [4.78, 5) is 23.2. The van der Waals surface area contributed by atoms with E-state index in [1.807, 2.05) is 42.5 Å². The van der Waals surface area contributed by atoms with Gasteiger partial charge in [-0.1, -0.05) is 12.1 Å². The molecule has 0 saturated carbocycles. The maximum atomic E-state index is 12.8. The summed E-state index contributed by atoms with van der Waals surface area (Å²) in [7, 11) is 3.43. The van der Waals surface area contributed by atoms with E-state index in [0.717, 1.165) is 41.3 Å². The zero-order valence-electron chi connectivity index (χ0n) is 18.3. The van der Waals surface area contributed by atoms with Gasteiger partial charge < -0.3 is 18.9 Å². The van der Waals surface area contributed by atoms with Crippen molar-refractivity contribution in [1.82, 2.24) is 19.4 Å². The second-order valence-electron chi connectivity index (χ2n) is 7.44. The van der Waals surface area contributed by atoms with E-state index in [9.17, 15) is 4.79 Å². The quantitative estimate of drug-likeness (QED) is 0.373. The Bertz CT molecular complexity index is 1170. The van der Waals surface area contributed by atoms with Crippen LogP contribution in [0.2, 0.25) is 0 Å². The molecule has 2 aromatic heterocycles. The number of pyridine rings is 1. The second-order valence-corrected chi connectivity index (χ2v) is 7.44. The number of aryl methyl sites for hydroxylation is 1. The standard InChI is InChI=1S/C25H26N4O3/c1-28(25(30)19-12-14-26-15-13-19)18-24-27-22-6-3-4-7-23(22)29(24)16-5-17-32-21-10-8-20(31-2)9-11-21/h3-4,6-15H,5,16-18H2,1-2H3. The van der Waals surface area contributed by atoms with Crippen molar-refractivity contribution in [3.8, 4) is 11.5 Å². The molecule has 0 N–H and O–H groups in total. The largest absolute Gasteiger partial charge is 0.497 e. The first-order chi connectivity index (χ1) is 15.7. The highest BCUT2D eigenvalue weighted by atomic mass is 16.5. The molecule has 0 spiro atoms. The Balaban J connectivity index is 1.44. The van der Waals surface area contributed by atoms with E-state index in [4.69, 9.17) is 14.5 Å². The van der Waals surface area contributed by atoms with Crippen LogP contribution in [0, 0.1) is 0 Å². The van der Waals surface area contributed by atoms with Crippen molar-refractivity contribution in [2.24, 2.45) is 0 Å². The number of fused-ring (bicyclic) bond motifs is 1. The minimum atomic E-state index is -0.0613. The van der Waals surface area contributed by atoms with Crippen LogP contribution in [0.15, 0.2) is 73.1 Å². The molecule has 0 aliphatic heterocycles. The van der Waals surface area contributed by atoms with E-state index in [0.29, 0.717) is 18.7 Å². The van der Waals surface area contributed by atoms with Crippen LogP contribution in [0.4, 0.5) is 0 Å². The molecule has 0 aliphatic carbocycles. The average molecular weight is 431 g/mol. The number of rotatable bonds is 9. The molecule has 0 radical (unpaired) electrons. The van der Waals surface area contributed by atoms with Crippen LogP contribution in [0.25, 0.3) is 11.0 Å². The van der Waals surface area contributed by atoms with Gasteiger partial charge in [-0.15, -0.1) is 0 Å². The predicted molar refractivity (Wildman–Crippen MR) is 123 cm³/mol.